The van der Waals surface area contributed by atoms with E-state index in [1.54, 1.807) is 6.07 Å². The van der Waals surface area contributed by atoms with Gasteiger partial charge in [0.15, 0.2) is 17.2 Å². The lowest BCUT2D eigenvalue weighted by atomic mass is 9.74. The van der Waals surface area contributed by atoms with Crippen LogP contribution in [0.5, 0.6) is 17.2 Å². The van der Waals surface area contributed by atoms with Crippen LogP contribution >= 0.6 is 0 Å². The van der Waals surface area contributed by atoms with Crippen LogP contribution in [0.3, 0.4) is 0 Å². The molecule has 0 aliphatic heterocycles. The highest BCUT2D eigenvalue weighted by molar-refractivity contribution is 5.97. The van der Waals surface area contributed by atoms with Crippen LogP contribution in [-0.4, -0.2) is 48.3 Å². The van der Waals surface area contributed by atoms with Crippen molar-refractivity contribution in [3.63, 3.8) is 0 Å². The first-order chi connectivity index (χ1) is 16.8. The number of aromatic nitrogens is 1. The van der Waals surface area contributed by atoms with Gasteiger partial charge in [-0.05, 0) is 38.7 Å². The Morgan fingerprint density at radius 3 is 2.43 bits per heavy atom. The Balaban J connectivity index is 1.76. The Morgan fingerprint density at radius 1 is 1.09 bits per heavy atom. The fraction of sp³-hybridized carbons (Fsp3) is 0.500. The number of carbonyl (C=O) groups is 2. The molecular formula is C26H33FN2O6. The first-order valence-electron chi connectivity index (χ1n) is 11.8. The average Bonchev–Trinajstić information content (AvgIpc) is 2.85. The number of nitrogens with one attached hydrogen (secondary N) is 1. The fourth-order valence-corrected chi connectivity index (χ4v) is 4.79. The number of carbonyl (C=O) groups excluding carboxylic acids is 2. The molecule has 2 N–H and O–H groups in total. The summed E-state index contributed by atoms with van der Waals surface area (Å²) >= 11 is 0. The lowest BCUT2D eigenvalue weighted by Gasteiger charge is -2.35. The number of methoxy groups -OCH3 is 2. The lowest BCUT2D eigenvalue weighted by molar-refractivity contribution is -0.152. The van der Waals surface area contributed by atoms with Gasteiger partial charge >= 0.3 is 5.97 Å². The van der Waals surface area contributed by atoms with Gasteiger partial charge in [0.05, 0.1) is 14.2 Å². The summed E-state index contributed by atoms with van der Waals surface area (Å²) in [5.41, 5.74) is 0.538. The Kier molecular flexibility index (Phi) is 8.89. The Hall–Kier alpha value is -3.36. The lowest BCUT2D eigenvalue weighted by Crippen LogP contribution is -2.42. The summed E-state index contributed by atoms with van der Waals surface area (Å²) in [6.07, 6.45) is 6.03. The molecular weight excluding hydrogens is 455 g/mol. The molecule has 1 fully saturated rings. The van der Waals surface area contributed by atoms with E-state index in [4.69, 9.17) is 14.2 Å². The van der Waals surface area contributed by atoms with Crippen molar-refractivity contribution in [2.24, 2.45) is 5.92 Å². The minimum Gasteiger partial charge on any atom is -0.503 e. The van der Waals surface area contributed by atoms with E-state index in [0.717, 1.165) is 37.7 Å². The summed E-state index contributed by atoms with van der Waals surface area (Å²) in [5.74, 6) is -1.61. The van der Waals surface area contributed by atoms with E-state index in [-0.39, 0.29) is 23.3 Å². The van der Waals surface area contributed by atoms with Crippen molar-refractivity contribution in [2.45, 2.75) is 64.0 Å². The molecule has 35 heavy (non-hydrogen) atoms. The van der Waals surface area contributed by atoms with Gasteiger partial charge in [-0.15, -0.1) is 0 Å². The summed E-state index contributed by atoms with van der Waals surface area (Å²) < 4.78 is 30.1. The standard InChI is InChI=1S/C26H33FN2O6/c1-15(29-25(31)23-24(30)20(33-3)12-13-28-23)26(32)35-16(2)22(17-8-6-5-7-9-17)19-11-10-18(27)14-21(19)34-4/h10-17,22,30H,5-9H2,1-4H3,(H,29,31)/t15-,16-,22+/m0/s1. The van der Waals surface area contributed by atoms with Crippen molar-refractivity contribution >= 4 is 11.9 Å². The van der Waals surface area contributed by atoms with Gasteiger partial charge in [0, 0.05) is 29.8 Å². The SMILES string of the molecule is COc1cc(F)ccc1[C@@H](C1CCCCC1)[C@H](C)OC(=O)[C@H](C)NC(=O)c1nccc(OC)c1O. The molecule has 3 atom stereocenters. The maximum atomic E-state index is 13.9. The monoisotopic (exact) mass is 488 g/mol. The molecule has 190 valence electrons. The molecule has 1 aromatic carbocycles. The number of rotatable bonds is 9. The maximum absolute atomic E-state index is 13.9. The van der Waals surface area contributed by atoms with Crippen molar-refractivity contribution < 1.29 is 33.3 Å². The second kappa shape index (κ2) is 11.9. The number of ether oxygens (including phenoxy) is 3. The quantitative estimate of drug-likeness (QED) is 0.505. The van der Waals surface area contributed by atoms with Crippen LogP contribution in [0.4, 0.5) is 4.39 Å². The molecule has 9 heteroatoms. The molecule has 0 radical (unpaired) electrons. The molecule has 1 heterocycles. The van der Waals surface area contributed by atoms with Gasteiger partial charge in [0.25, 0.3) is 5.91 Å². The van der Waals surface area contributed by atoms with E-state index in [2.05, 4.69) is 10.3 Å². The molecule has 0 saturated heterocycles. The van der Waals surface area contributed by atoms with Gasteiger partial charge in [-0.1, -0.05) is 25.3 Å². The van der Waals surface area contributed by atoms with E-state index in [9.17, 15) is 19.1 Å². The van der Waals surface area contributed by atoms with Gasteiger partial charge in [0.1, 0.15) is 23.7 Å². The third kappa shape index (κ3) is 6.21. The van der Waals surface area contributed by atoms with Crippen LogP contribution in [0.1, 0.15) is 67.9 Å². The number of hydrogen-bond donors (Lipinski definition) is 2. The zero-order valence-electron chi connectivity index (χ0n) is 20.5. The highest BCUT2D eigenvalue weighted by Gasteiger charge is 2.35. The van der Waals surface area contributed by atoms with Gasteiger partial charge in [0.2, 0.25) is 0 Å². The topological polar surface area (TPSA) is 107 Å². The van der Waals surface area contributed by atoms with Crippen molar-refractivity contribution in [3.05, 3.63) is 47.5 Å². The summed E-state index contributed by atoms with van der Waals surface area (Å²) in [7, 11) is 2.85. The molecule has 0 unspecified atom stereocenters. The second-order valence-corrected chi connectivity index (χ2v) is 8.86. The normalized spacial score (nSPS) is 16.6. The third-order valence-electron chi connectivity index (χ3n) is 6.54. The Labute approximate surface area is 204 Å². The molecule has 1 aromatic heterocycles. The van der Waals surface area contributed by atoms with Crippen molar-refractivity contribution in [1.82, 2.24) is 10.3 Å². The number of amides is 1. The first kappa shape index (κ1) is 26.2. The largest absolute Gasteiger partial charge is 0.503 e. The zero-order valence-corrected chi connectivity index (χ0v) is 20.5. The molecule has 0 spiro atoms. The highest BCUT2D eigenvalue weighted by atomic mass is 19.1. The predicted octanol–water partition coefficient (Wildman–Crippen LogP) is 4.36. The van der Waals surface area contributed by atoms with Crippen molar-refractivity contribution in [1.29, 1.82) is 0 Å². The fourth-order valence-electron chi connectivity index (χ4n) is 4.79. The summed E-state index contributed by atoms with van der Waals surface area (Å²) in [4.78, 5) is 29.4. The van der Waals surface area contributed by atoms with Crippen LogP contribution in [0.15, 0.2) is 30.5 Å². The van der Waals surface area contributed by atoms with E-state index < -0.39 is 35.6 Å². The van der Waals surface area contributed by atoms with Gasteiger partial charge in [-0.3, -0.25) is 4.79 Å². The minimum atomic E-state index is -1.00. The van der Waals surface area contributed by atoms with E-state index in [1.807, 2.05) is 6.92 Å². The number of pyridine rings is 1. The maximum Gasteiger partial charge on any atom is 0.328 e. The molecule has 0 bridgehead atoms. The molecule has 1 aliphatic carbocycles. The second-order valence-electron chi connectivity index (χ2n) is 8.86. The van der Waals surface area contributed by atoms with Crippen molar-refractivity contribution in [3.8, 4) is 17.2 Å². The molecule has 2 aromatic rings. The predicted molar refractivity (Wildman–Crippen MR) is 127 cm³/mol. The summed E-state index contributed by atoms with van der Waals surface area (Å²) in [6, 6.07) is 4.84. The van der Waals surface area contributed by atoms with E-state index in [1.165, 1.54) is 45.5 Å². The van der Waals surface area contributed by atoms with Crippen LogP contribution in [0, 0.1) is 11.7 Å². The number of aromatic hydroxyl groups is 1. The molecule has 8 nitrogen and oxygen atoms in total. The number of nitrogens with zero attached hydrogens (tertiary/aromatic N) is 1. The molecule has 3 rings (SSSR count). The number of hydrogen-bond acceptors (Lipinski definition) is 7. The molecule has 1 aliphatic rings. The highest BCUT2D eigenvalue weighted by Crippen LogP contribution is 2.42. The summed E-state index contributed by atoms with van der Waals surface area (Å²) in [5, 5.41) is 12.7. The molecule has 1 amide bonds. The molecule has 1 saturated carbocycles. The van der Waals surface area contributed by atoms with Crippen molar-refractivity contribution in [2.75, 3.05) is 14.2 Å². The van der Waals surface area contributed by atoms with Gasteiger partial charge < -0.3 is 24.6 Å². The van der Waals surface area contributed by atoms with Crippen LogP contribution in [0.25, 0.3) is 0 Å². The summed E-state index contributed by atoms with van der Waals surface area (Å²) in [6.45, 7) is 3.31. The van der Waals surface area contributed by atoms with E-state index >= 15 is 0 Å². The number of benzene rings is 1. The third-order valence-corrected chi connectivity index (χ3v) is 6.54. The zero-order chi connectivity index (χ0) is 25.5. The van der Waals surface area contributed by atoms with E-state index in [0.29, 0.717) is 5.75 Å². The van der Waals surface area contributed by atoms with Crippen LogP contribution < -0.4 is 14.8 Å². The van der Waals surface area contributed by atoms with Crippen LogP contribution in [-0.2, 0) is 9.53 Å². The Morgan fingerprint density at radius 2 is 1.77 bits per heavy atom. The minimum absolute atomic E-state index is 0.0950. The number of halogens is 1. The Bertz CT molecular complexity index is 1040. The smallest absolute Gasteiger partial charge is 0.328 e. The van der Waals surface area contributed by atoms with Crippen LogP contribution in [0.2, 0.25) is 0 Å². The van der Waals surface area contributed by atoms with Gasteiger partial charge in [-0.2, -0.15) is 0 Å². The average molecular weight is 489 g/mol. The number of esters is 1. The first-order valence-corrected chi connectivity index (χ1v) is 11.8. The van der Waals surface area contributed by atoms with Gasteiger partial charge in [-0.25, -0.2) is 14.2 Å².